The van der Waals surface area contributed by atoms with Crippen LogP contribution in [0.15, 0.2) is 24.3 Å². The molecule has 1 aliphatic heterocycles. The molecule has 1 aromatic carbocycles. The second kappa shape index (κ2) is 6.84. The van der Waals surface area contributed by atoms with E-state index in [0.717, 1.165) is 12.1 Å². The van der Waals surface area contributed by atoms with Crippen LogP contribution in [-0.2, 0) is 15.7 Å². The van der Waals surface area contributed by atoms with Crippen LogP contribution in [-0.4, -0.2) is 49.8 Å². The Bertz CT molecular complexity index is 547. The molecule has 2 rings (SSSR count). The monoisotopic (exact) mass is 334 g/mol. The number of carbonyl (C=O) groups is 1. The van der Waals surface area contributed by atoms with E-state index in [4.69, 9.17) is 4.74 Å². The van der Waals surface area contributed by atoms with Crippen molar-refractivity contribution in [2.24, 2.45) is 0 Å². The van der Waals surface area contributed by atoms with Crippen molar-refractivity contribution in [3.8, 4) is 0 Å². The van der Waals surface area contributed by atoms with Gasteiger partial charge < -0.3 is 10.1 Å². The molecule has 8 heteroatoms. The van der Waals surface area contributed by atoms with Crippen LogP contribution in [0, 0.1) is 0 Å². The Kier molecular flexibility index (Phi) is 5.26. The van der Waals surface area contributed by atoms with Gasteiger partial charge in [-0.3, -0.25) is 9.69 Å². The number of nitrogens with one attached hydrogen (secondary N) is 1. The van der Waals surface area contributed by atoms with Crippen LogP contribution < -0.4 is 5.32 Å². The zero-order chi connectivity index (χ0) is 17.1. The predicted molar refractivity (Wildman–Crippen MR) is 76.8 cm³/mol. The van der Waals surface area contributed by atoms with Crippen molar-refractivity contribution in [1.82, 2.24) is 4.90 Å². The first-order valence-corrected chi connectivity index (χ1v) is 7.09. The summed E-state index contributed by atoms with van der Waals surface area (Å²) in [5.74, 6) is -0.397. The highest BCUT2D eigenvalue weighted by atomic mass is 19.4. The molecule has 0 spiro atoms. The smallest absolute Gasteiger partial charge is 0.381 e. The number of benzene rings is 1. The van der Waals surface area contributed by atoms with Gasteiger partial charge in [0.2, 0.25) is 5.91 Å². The Morgan fingerprint density at radius 2 is 2.00 bits per heavy atom. The number of rotatable bonds is 5. The molecule has 0 bridgehead atoms. The van der Waals surface area contributed by atoms with Gasteiger partial charge in [0.05, 0.1) is 18.7 Å². The molecule has 1 aliphatic rings. The second-order valence-electron chi connectivity index (χ2n) is 5.67. The van der Waals surface area contributed by atoms with E-state index in [9.17, 15) is 22.4 Å². The number of nitrogens with zero attached hydrogens (tertiary/aromatic N) is 1. The maximum absolute atomic E-state index is 14.2. The lowest BCUT2D eigenvalue weighted by atomic mass is 10.1. The zero-order valence-electron chi connectivity index (χ0n) is 12.6. The zero-order valence-corrected chi connectivity index (χ0v) is 12.6. The topological polar surface area (TPSA) is 41.6 Å². The number of carbonyl (C=O) groups excluding carboxylic acids is 1. The van der Waals surface area contributed by atoms with E-state index in [0.29, 0.717) is 6.54 Å². The molecular weight excluding hydrogens is 316 g/mol. The lowest BCUT2D eigenvalue weighted by Crippen LogP contribution is -2.36. The summed E-state index contributed by atoms with van der Waals surface area (Å²) >= 11 is 0. The van der Waals surface area contributed by atoms with E-state index in [1.165, 1.54) is 19.2 Å². The van der Waals surface area contributed by atoms with Gasteiger partial charge >= 0.3 is 6.18 Å². The Hall–Kier alpha value is -1.67. The number of hydrogen-bond donors (Lipinski definition) is 1. The van der Waals surface area contributed by atoms with Gasteiger partial charge in [0.15, 0.2) is 0 Å². The van der Waals surface area contributed by atoms with E-state index >= 15 is 0 Å². The third-order valence-electron chi connectivity index (χ3n) is 3.65. The third-order valence-corrected chi connectivity index (χ3v) is 3.65. The largest absolute Gasteiger partial charge is 0.416 e. The Morgan fingerprint density at radius 1 is 1.35 bits per heavy atom. The molecule has 0 aliphatic carbocycles. The number of likely N-dealkylation sites (tertiary alicyclic amines) is 1. The molecule has 1 atom stereocenters. The second-order valence-corrected chi connectivity index (χ2v) is 5.67. The first-order chi connectivity index (χ1) is 10.7. The van der Waals surface area contributed by atoms with Crippen LogP contribution in [0.2, 0.25) is 0 Å². The molecule has 4 nitrogen and oxygen atoms in total. The molecule has 1 fully saturated rings. The van der Waals surface area contributed by atoms with Crippen molar-refractivity contribution >= 4 is 11.6 Å². The van der Waals surface area contributed by atoms with E-state index in [1.54, 1.807) is 4.90 Å². The average Bonchev–Trinajstić information content (AvgIpc) is 2.79. The Balaban J connectivity index is 1.86. The molecular formula is C15H18F4N2O2. The summed E-state index contributed by atoms with van der Waals surface area (Å²) in [6.45, 7) is 0.488. The fourth-order valence-corrected chi connectivity index (χ4v) is 2.57. The highest BCUT2D eigenvalue weighted by Crippen LogP contribution is 2.30. The number of methoxy groups -OCH3 is 1. The SMILES string of the molecule is COCC1(F)CCN(CC(=O)Nc2ccc(C(F)(F)F)cc2)C1. The first kappa shape index (κ1) is 17.7. The number of hydrogen-bond acceptors (Lipinski definition) is 3. The van der Waals surface area contributed by atoms with E-state index in [1.807, 2.05) is 0 Å². The van der Waals surface area contributed by atoms with Gasteiger partial charge in [-0.2, -0.15) is 13.2 Å². The van der Waals surface area contributed by atoms with Crippen LogP contribution in [0.4, 0.5) is 23.2 Å². The number of alkyl halides is 4. The summed E-state index contributed by atoms with van der Waals surface area (Å²) in [5, 5.41) is 2.51. The Morgan fingerprint density at radius 3 is 2.57 bits per heavy atom. The standard InChI is InChI=1S/C15H18F4N2O2/c1-23-10-14(16)6-7-21(9-14)8-13(22)20-12-4-2-11(3-5-12)15(17,18)19/h2-5H,6-10H2,1H3,(H,20,22). The molecule has 1 amide bonds. The maximum Gasteiger partial charge on any atom is 0.416 e. The number of amides is 1. The third kappa shape index (κ3) is 4.90. The lowest BCUT2D eigenvalue weighted by molar-refractivity contribution is -0.137. The number of ether oxygens (including phenoxy) is 1. The van der Waals surface area contributed by atoms with Crippen molar-refractivity contribution in [3.63, 3.8) is 0 Å². The Labute approximate surface area is 131 Å². The molecule has 1 heterocycles. The summed E-state index contributed by atoms with van der Waals surface area (Å²) in [5.41, 5.74) is -1.97. The van der Waals surface area contributed by atoms with Crippen molar-refractivity contribution in [2.75, 3.05) is 38.7 Å². The quantitative estimate of drug-likeness (QED) is 0.842. The van der Waals surface area contributed by atoms with Gasteiger partial charge in [0.25, 0.3) is 0 Å². The lowest BCUT2D eigenvalue weighted by Gasteiger charge is -2.19. The highest BCUT2D eigenvalue weighted by Gasteiger charge is 2.38. The number of anilines is 1. The van der Waals surface area contributed by atoms with Crippen LogP contribution in [0.25, 0.3) is 0 Å². The van der Waals surface area contributed by atoms with Gasteiger partial charge in [0, 0.05) is 25.9 Å². The fourth-order valence-electron chi connectivity index (χ4n) is 2.57. The van der Waals surface area contributed by atoms with Crippen LogP contribution in [0.3, 0.4) is 0 Å². The summed E-state index contributed by atoms with van der Waals surface area (Å²) < 4.78 is 56.4. The van der Waals surface area contributed by atoms with Crippen molar-refractivity contribution in [1.29, 1.82) is 0 Å². The summed E-state index contributed by atoms with van der Waals surface area (Å²) in [6, 6.07) is 4.18. The summed E-state index contributed by atoms with van der Waals surface area (Å²) in [6.07, 6.45) is -4.13. The molecule has 0 radical (unpaired) electrons. The maximum atomic E-state index is 14.2. The summed E-state index contributed by atoms with van der Waals surface area (Å²) in [4.78, 5) is 13.5. The minimum Gasteiger partial charge on any atom is -0.381 e. The molecule has 128 valence electrons. The molecule has 23 heavy (non-hydrogen) atoms. The van der Waals surface area contributed by atoms with Gasteiger partial charge in [-0.25, -0.2) is 4.39 Å². The van der Waals surface area contributed by atoms with Gasteiger partial charge in [-0.05, 0) is 30.7 Å². The molecule has 1 unspecified atom stereocenters. The van der Waals surface area contributed by atoms with Crippen molar-refractivity contribution in [2.45, 2.75) is 18.3 Å². The van der Waals surface area contributed by atoms with E-state index in [2.05, 4.69) is 5.32 Å². The number of halogens is 4. The molecule has 0 saturated carbocycles. The molecule has 0 aromatic heterocycles. The van der Waals surface area contributed by atoms with Crippen molar-refractivity contribution < 1.29 is 27.1 Å². The molecule has 1 saturated heterocycles. The van der Waals surface area contributed by atoms with Crippen LogP contribution in [0.5, 0.6) is 0 Å². The average molecular weight is 334 g/mol. The fraction of sp³-hybridized carbons (Fsp3) is 0.533. The van der Waals surface area contributed by atoms with Crippen LogP contribution >= 0.6 is 0 Å². The minimum absolute atomic E-state index is 0.0175. The van der Waals surface area contributed by atoms with Gasteiger partial charge in [-0.15, -0.1) is 0 Å². The van der Waals surface area contributed by atoms with Gasteiger partial charge in [-0.1, -0.05) is 0 Å². The first-order valence-electron chi connectivity index (χ1n) is 7.09. The van der Waals surface area contributed by atoms with E-state index in [-0.39, 0.29) is 31.8 Å². The predicted octanol–water partition coefficient (Wildman–Crippen LogP) is 2.70. The normalized spacial score (nSPS) is 22.3. The van der Waals surface area contributed by atoms with Gasteiger partial charge in [0.1, 0.15) is 5.67 Å². The minimum atomic E-state index is -4.41. The van der Waals surface area contributed by atoms with E-state index < -0.39 is 23.3 Å². The summed E-state index contributed by atoms with van der Waals surface area (Å²) in [7, 11) is 1.42. The van der Waals surface area contributed by atoms with Crippen LogP contribution in [0.1, 0.15) is 12.0 Å². The van der Waals surface area contributed by atoms with Crippen molar-refractivity contribution in [3.05, 3.63) is 29.8 Å². The molecule has 1 aromatic rings. The molecule has 1 N–H and O–H groups in total. The highest BCUT2D eigenvalue weighted by molar-refractivity contribution is 5.92.